The number of carbonyl (C=O) groups is 3. The zero-order valence-electron chi connectivity index (χ0n) is 25.8. The molecule has 0 rings (SSSR count). The van der Waals surface area contributed by atoms with Crippen LogP contribution in [0.4, 0.5) is 0 Å². The maximum Gasteiger partial charge on any atom is 0.303 e. The Morgan fingerprint density at radius 2 is 0.951 bits per heavy atom. The van der Waals surface area contributed by atoms with Crippen LogP contribution in [0, 0.1) is 5.92 Å². The average molecular weight is 603 g/mol. The van der Waals surface area contributed by atoms with E-state index in [0.717, 1.165) is 44.3 Å². The van der Waals surface area contributed by atoms with E-state index in [9.17, 15) is 14.4 Å². The molecule has 0 saturated carbocycles. The molecular weight excluding hydrogens is 540 g/mol. The predicted molar refractivity (Wildman–Crippen MR) is 170 cm³/mol. The van der Waals surface area contributed by atoms with Gasteiger partial charge in [0.15, 0.2) is 0 Å². The highest BCUT2D eigenvalue weighted by molar-refractivity contribution is 7.99. The van der Waals surface area contributed by atoms with Gasteiger partial charge >= 0.3 is 11.9 Å². The van der Waals surface area contributed by atoms with Crippen molar-refractivity contribution in [2.45, 2.75) is 154 Å². The topological polar surface area (TPSA) is 150 Å². The van der Waals surface area contributed by atoms with Crippen LogP contribution < -0.4 is 11.1 Å². The molecule has 0 aromatic carbocycles. The smallest absolute Gasteiger partial charge is 0.303 e. The maximum absolute atomic E-state index is 12.0. The lowest BCUT2D eigenvalue weighted by molar-refractivity contribution is -0.138. The highest BCUT2D eigenvalue weighted by Crippen LogP contribution is 2.24. The molecule has 0 aliphatic rings. The van der Waals surface area contributed by atoms with Gasteiger partial charge in [-0.15, -0.1) is 0 Å². The molecule has 0 aromatic rings. The second kappa shape index (κ2) is 30.1. The Morgan fingerprint density at radius 1 is 0.585 bits per heavy atom. The van der Waals surface area contributed by atoms with E-state index in [1.807, 2.05) is 0 Å². The molecule has 0 aliphatic heterocycles. The molecule has 0 saturated heterocycles. The van der Waals surface area contributed by atoms with Crippen LogP contribution >= 0.6 is 11.8 Å². The Kier molecular flexibility index (Phi) is 29.2. The second-order valence-corrected chi connectivity index (χ2v) is 12.7. The minimum Gasteiger partial charge on any atom is -0.481 e. The maximum atomic E-state index is 12.0. The normalized spacial score (nSPS) is 12.7. The van der Waals surface area contributed by atoms with Crippen molar-refractivity contribution in [2.75, 3.05) is 24.7 Å². The van der Waals surface area contributed by atoms with Crippen molar-refractivity contribution in [1.82, 2.24) is 5.32 Å². The molecule has 0 fully saturated rings. The van der Waals surface area contributed by atoms with E-state index in [-0.39, 0.29) is 19.1 Å². The second-order valence-electron chi connectivity index (χ2n) is 11.6. The molecule has 9 heteroatoms. The van der Waals surface area contributed by atoms with Gasteiger partial charge in [-0.1, -0.05) is 109 Å². The highest BCUT2D eigenvalue weighted by Gasteiger charge is 2.15. The van der Waals surface area contributed by atoms with Gasteiger partial charge in [-0.3, -0.25) is 14.4 Å². The first-order chi connectivity index (χ1) is 19.9. The van der Waals surface area contributed by atoms with E-state index in [2.05, 4.69) is 5.32 Å². The fraction of sp³-hybridized carbons (Fsp3) is 0.906. The van der Waals surface area contributed by atoms with Crippen LogP contribution in [0.15, 0.2) is 0 Å². The van der Waals surface area contributed by atoms with Crippen LogP contribution in [0.5, 0.6) is 0 Å². The lowest BCUT2D eigenvalue weighted by Crippen LogP contribution is -2.43. The zero-order chi connectivity index (χ0) is 30.4. The summed E-state index contributed by atoms with van der Waals surface area (Å²) in [5.41, 5.74) is 6.03. The lowest BCUT2D eigenvalue weighted by Gasteiger charge is -2.18. The third kappa shape index (κ3) is 30.0. The number of aliphatic hydroxyl groups is 1. The number of thioether (sulfide) groups is 1. The van der Waals surface area contributed by atoms with Crippen LogP contribution in [-0.4, -0.2) is 63.9 Å². The molecule has 242 valence electrons. The molecule has 0 heterocycles. The Labute approximate surface area is 254 Å². The molecule has 0 spiro atoms. The molecule has 0 aliphatic carbocycles. The first-order valence-electron chi connectivity index (χ1n) is 16.5. The van der Waals surface area contributed by atoms with Crippen molar-refractivity contribution in [2.24, 2.45) is 11.7 Å². The Balaban J connectivity index is 4.06. The Morgan fingerprint density at radius 3 is 1.32 bits per heavy atom. The van der Waals surface area contributed by atoms with Gasteiger partial charge in [-0.25, -0.2) is 0 Å². The molecule has 1 amide bonds. The number of nitrogens with one attached hydrogen (secondary N) is 1. The summed E-state index contributed by atoms with van der Waals surface area (Å²) in [6.07, 6.45) is 25.3. The summed E-state index contributed by atoms with van der Waals surface area (Å²) in [5, 5.41) is 28.9. The van der Waals surface area contributed by atoms with E-state index in [4.69, 9.17) is 21.1 Å². The number of unbranched alkanes of at least 4 members (excludes halogenated alkanes) is 17. The van der Waals surface area contributed by atoms with Gasteiger partial charge in [0.2, 0.25) is 5.91 Å². The minimum absolute atomic E-state index is 0.0743. The summed E-state index contributed by atoms with van der Waals surface area (Å²) in [4.78, 5) is 33.1. The Bertz CT molecular complexity index is 637. The zero-order valence-corrected chi connectivity index (χ0v) is 26.6. The lowest BCUT2D eigenvalue weighted by atomic mass is 9.95. The van der Waals surface area contributed by atoms with E-state index in [1.54, 1.807) is 11.8 Å². The van der Waals surface area contributed by atoms with Crippen molar-refractivity contribution in [3.63, 3.8) is 0 Å². The van der Waals surface area contributed by atoms with Gasteiger partial charge in [0.25, 0.3) is 0 Å². The quantitative estimate of drug-likeness (QED) is 0.0521. The summed E-state index contributed by atoms with van der Waals surface area (Å²) in [5.74, 6) is 0.738. The van der Waals surface area contributed by atoms with Gasteiger partial charge in [0.1, 0.15) is 0 Å². The molecule has 0 bridgehead atoms. The summed E-state index contributed by atoms with van der Waals surface area (Å²) in [6.45, 7) is 0.173. The number of carboxylic acid groups (broad SMARTS) is 2. The van der Waals surface area contributed by atoms with Crippen molar-refractivity contribution in [3.8, 4) is 0 Å². The number of carbonyl (C=O) groups excluding carboxylic acids is 1. The summed E-state index contributed by atoms with van der Waals surface area (Å²) >= 11 is 1.78. The van der Waals surface area contributed by atoms with E-state index < -0.39 is 18.0 Å². The van der Waals surface area contributed by atoms with Gasteiger partial charge in [0, 0.05) is 25.1 Å². The van der Waals surface area contributed by atoms with Gasteiger partial charge in [-0.05, 0) is 37.4 Å². The van der Waals surface area contributed by atoms with Crippen LogP contribution in [0.25, 0.3) is 0 Å². The number of carboxylic acids is 2. The summed E-state index contributed by atoms with van der Waals surface area (Å²) in [6, 6.07) is -0.534. The van der Waals surface area contributed by atoms with E-state index >= 15 is 0 Å². The number of aliphatic hydroxyl groups excluding tert-OH is 1. The number of nitrogens with two attached hydrogens (primary N) is 1. The van der Waals surface area contributed by atoms with E-state index in [1.165, 1.54) is 96.3 Å². The third-order valence-electron chi connectivity index (χ3n) is 7.65. The van der Waals surface area contributed by atoms with Crippen molar-refractivity contribution in [3.05, 3.63) is 0 Å². The van der Waals surface area contributed by atoms with Crippen molar-refractivity contribution < 1.29 is 29.7 Å². The fourth-order valence-corrected chi connectivity index (χ4v) is 6.34. The molecule has 6 N–H and O–H groups in total. The van der Waals surface area contributed by atoms with Gasteiger partial charge < -0.3 is 26.4 Å². The first kappa shape index (κ1) is 39.7. The third-order valence-corrected chi connectivity index (χ3v) is 8.96. The largest absolute Gasteiger partial charge is 0.481 e. The first-order valence-corrected chi connectivity index (χ1v) is 17.7. The van der Waals surface area contributed by atoms with Crippen LogP contribution in [0.3, 0.4) is 0 Å². The van der Waals surface area contributed by atoms with Crippen LogP contribution in [-0.2, 0) is 14.4 Å². The average Bonchev–Trinajstić information content (AvgIpc) is 2.94. The minimum atomic E-state index is -0.692. The number of amides is 1. The number of hydrogen-bond acceptors (Lipinski definition) is 6. The van der Waals surface area contributed by atoms with Crippen molar-refractivity contribution in [1.29, 1.82) is 0 Å². The molecule has 41 heavy (non-hydrogen) atoms. The van der Waals surface area contributed by atoms with E-state index in [0.29, 0.717) is 24.5 Å². The molecule has 0 radical (unpaired) electrons. The van der Waals surface area contributed by atoms with Gasteiger partial charge in [-0.2, -0.15) is 11.8 Å². The molecule has 0 aromatic heterocycles. The molecule has 2 atom stereocenters. The fourth-order valence-electron chi connectivity index (χ4n) is 5.13. The Hall–Kier alpha value is -1.32. The van der Waals surface area contributed by atoms with Crippen LogP contribution in [0.1, 0.15) is 148 Å². The SMILES string of the molecule is N[C@@H](CSC[C@H](CCCCCCCCCCCCC(=O)O)CCCCCCCCCCCC(=O)O)C(=O)NCCO. The number of aliphatic carboxylic acids is 2. The highest BCUT2D eigenvalue weighted by atomic mass is 32.2. The van der Waals surface area contributed by atoms with Gasteiger partial charge in [0.05, 0.1) is 12.6 Å². The monoisotopic (exact) mass is 602 g/mol. The van der Waals surface area contributed by atoms with Crippen molar-refractivity contribution >= 4 is 29.6 Å². The summed E-state index contributed by atoms with van der Waals surface area (Å²) < 4.78 is 0. The molecule has 0 unspecified atom stereocenters. The molecular formula is C32H62N2O6S. The standard InChI is InChI=1S/C32H62N2O6S/c33-29(32(40)34-24-25-35)27-41-26-28(21-17-13-9-5-3-7-11-15-19-23-31(38)39)20-16-12-8-4-1-2-6-10-14-18-22-30(36)37/h28-29,35H,1-27,33H2,(H,34,40)(H,36,37)(H,38,39)/t28-,29+/m1/s1. The number of rotatable bonds is 32. The van der Waals surface area contributed by atoms with Crippen LogP contribution in [0.2, 0.25) is 0 Å². The number of hydrogen-bond donors (Lipinski definition) is 5. The molecule has 8 nitrogen and oxygen atoms in total. The summed E-state index contributed by atoms with van der Waals surface area (Å²) in [7, 11) is 0. The predicted octanol–water partition coefficient (Wildman–Crippen LogP) is 6.91.